The molecule has 0 saturated carbocycles. The van der Waals surface area contributed by atoms with Gasteiger partial charge in [0.25, 0.3) is 11.7 Å². The maximum Gasteiger partial charge on any atom is 0.293 e. The highest BCUT2D eigenvalue weighted by atomic mass is 16.3. The molecule has 1 amide bonds. The van der Waals surface area contributed by atoms with Crippen molar-refractivity contribution in [2.24, 2.45) is 0 Å². The van der Waals surface area contributed by atoms with E-state index in [1.54, 1.807) is 16.5 Å². The van der Waals surface area contributed by atoms with Crippen LogP contribution in [-0.2, 0) is 0 Å². The van der Waals surface area contributed by atoms with Crippen LogP contribution in [0.4, 0.5) is 0 Å². The van der Waals surface area contributed by atoms with Crippen molar-refractivity contribution in [1.82, 2.24) is 24.5 Å². The normalized spacial score (nSPS) is 12.6. The first-order chi connectivity index (χ1) is 12.4. The minimum Gasteiger partial charge on any atom is -0.459 e. The van der Waals surface area contributed by atoms with E-state index in [9.17, 15) is 4.79 Å². The number of carbonyl (C=O) groups is 1. The molecular weight excluding hydrogens is 330 g/mol. The fourth-order valence-corrected chi connectivity index (χ4v) is 2.99. The molecule has 7 nitrogen and oxygen atoms in total. The average Bonchev–Trinajstić information content (AvgIpc) is 3.23. The maximum absolute atomic E-state index is 12.9. The zero-order chi connectivity index (χ0) is 18.4. The van der Waals surface area contributed by atoms with Crippen LogP contribution in [0.2, 0.25) is 0 Å². The lowest BCUT2D eigenvalue weighted by Gasteiger charge is -2.21. The van der Waals surface area contributed by atoms with Crippen molar-refractivity contribution in [1.29, 1.82) is 0 Å². The second-order valence-corrected chi connectivity index (χ2v) is 6.46. The zero-order valence-electron chi connectivity index (χ0n) is 15.1. The summed E-state index contributed by atoms with van der Waals surface area (Å²) in [7, 11) is 1.72. The van der Waals surface area contributed by atoms with Gasteiger partial charge in [-0.05, 0) is 39.0 Å². The van der Waals surface area contributed by atoms with Gasteiger partial charge in [0.1, 0.15) is 11.3 Å². The van der Waals surface area contributed by atoms with Gasteiger partial charge < -0.3 is 9.32 Å². The summed E-state index contributed by atoms with van der Waals surface area (Å²) in [6.45, 7) is 5.71. The van der Waals surface area contributed by atoms with E-state index in [4.69, 9.17) is 4.42 Å². The summed E-state index contributed by atoms with van der Waals surface area (Å²) in [5, 5.41) is 5.32. The van der Waals surface area contributed by atoms with E-state index in [1.165, 1.54) is 0 Å². The molecule has 4 aromatic rings. The lowest BCUT2D eigenvalue weighted by Crippen LogP contribution is -2.30. The van der Waals surface area contributed by atoms with Gasteiger partial charge in [-0.25, -0.2) is 9.50 Å². The molecule has 4 rings (SSSR count). The molecule has 0 bridgehead atoms. The molecule has 1 unspecified atom stereocenters. The second-order valence-electron chi connectivity index (χ2n) is 6.46. The summed E-state index contributed by atoms with van der Waals surface area (Å²) < 4.78 is 7.46. The van der Waals surface area contributed by atoms with Crippen molar-refractivity contribution < 1.29 is 9.21 Å². The largest absolute Gasteiger partial charge is 0.459 e. The fourth-order valence-electron chi connectivity index (χ4n) is 2.99. The van der Waals surface area contributed by atoms with E-state index < -0.39 is 0 Å². The minimum atomic E-state index is -0.277. The molecule has 7 heteroatoms. The first-order valence-electron chi connectivity index (χ1n) is 8.40. The van der Waals surface area contributed by atoms with Crippen molar-refractivity contribution in [3.05, 3.63) is 59.4 Å². The monoisotopic (exact) mass is 349 g/mol. The third kappa shape index (κ3) is 2.61. The van der Waals surface area contributed by atoms with Gasteiger partial charge in [0, 0.05) is 23.8 Å². The molecule has 1 aromatic carbocycles. The molecule has 0 saturated heterocycles. The van der Waals surface area contributed by atoms with E-state index in [2.05, 4.69) is 15.1 Å². The SMILES string of the molecule is Cc1cc(C)n2nc(C(=O)N(C)C(C)c3cc4ccccc4o3)nc2n1. The van der Waals surface area contributed by atoms with Gasteiger partial charge in [-0.15, -0.1) is 5.10 Å². The number of nitrogens with zero attached hydrogens (tertiary/aromatic N) is 5. The number of aromatic nitrogens is 4. The third-order valence-electron chi connectivity index (χ3n) is 4.57. The maximum atomic E-state index is 12.9. The van der Waals surface area contributed by atoms with Crippen LogP contribution in [0, 0.1) is 13.8 Å². The van der Waals surface area contributed by atoms with Crippen LogP contribution in [0.1, 0.15) is 40.7 Å². The molecule has 0 radical (unpaired) electrons. The molecule has 26 heavy (non-hydrogen) atoms. The second kappa shape index (κ2) is 5.94. The molecule has 3 heterocycles. The number of aryl methyl sites for hydroxylation is 2. The Balaban J connectivity index is 1.65. The number of amides is 1. The van der Waals surface area contributed by atoms with Gasteiger partial charge in [0.05, 0.1) is 6.04 Å². The van der Waals surface area contributed by atoms with E-state index in [1.807, 2.05) is 57.2 Å². The van der Waals surface area contributed by atoms with Crippen LogP contribution in [-0.4, -0.2) is 37.4 Å². The Kier molecular flexibility index (Phi) is 3.72. The molecule has 0 aliphatic rings. The van der Waals surface area contributed by atoms with Crippen LogP contribution in [0.5, 0.6) is 0 Å². The zero-order valence-corrected chi connectivity index (χ0v) is 15.1. The highest BCUT2D eigenvalue weighted by Gasteiger charge is 2.25. The van der Waals surface area contributed by atoms with Crippen molar-refractivity contribution in [2.75, 3.05) is 7.05 Å². The predicted octanol–water partition coefficient (Wildman–Crippen LogP) is 3.32. The van der Waals surface area contributed by atoms with Crippen LogP contribution in [0.3, 0.4) is 0 Å². The summed E-state index contributed by atoms with van der Waals surface area (Å²) in [5.41, 5.74) is 2.52. The Morgan fingerprint density at radius 1 is 1.19 bits per heavy atom. The van der Waals surface area contributed by atoms with E-state index in [0.29, 0.717) is 5.78 Å². The standard InChI is InChI=1S/C19H19N5O2/c1-11-9-12(2)24-19(20-11)21-17(22-24)18(25)23(4)13(3)16-10-14-7-5-6-8-15(14)26-16/h5-10,13H,1-4H3. The number of benzene rings is 1. The molecule has 0 fully saturated rings. The highest BCUT2D eigenvalue weighted by molar-refractivity contribution is 5.91. The van der Waals surface area contributed by atoms with Crippen molar-refractivity contribution >= 4 is 22.7 Å². The Morgan fingerprint density at radius 2 is 1.96 bits per heavy atom. The van der Waals surface area contributed by atoms with Crippen molar-refractivity contribution in [3.63, 3.8) is 0 Å². The lowest BCUT2D eigenvalue weighted by molar-refractivity contribution is 0.0715. The first-order valence-corrected chi connectivity index (χ1v) is 8.40. The molecule has 0 aliphatic heterocycles. The van der Waals surface area contributed by atoms with Crippen molar-refractivity contribution in [3.8, 4) is 0 Å². The quantitative estimate of drug-likeness (QED) is 0.567. The number of fused-ring (bicyclic) bond motifs is 2. The Morgan fingerprint density at radius 3 is 2.73 bits per heavy atom. The first kappa shape index (κ1) is 16.3. The third-order valence-corrected chi connectivity index (χ3v) is 4.57. The molecule has 3 aromatic heterocycles. The number of para-hydroxylation sites is 1. The number of hydrogen-bond acceptors (Lipinski definition) is 5. The number of furan rings is 1. The van der Waals surface area contributed by atoms with Crippen LogP contribution in [0.25, 0.3) is 16.7 Å². The predicted molar refractivity (Wildman–Crippen MR) is 97.0 cm³/mol. The summed E-state index contributed by atoms with van der Waals surface area (Å²) in [6.07, 6.45) is 0. The smallest absolute Gasteiger partial charge is 0.293 e. The number of hydrogen-bond donors (Lipinski definition) is 0. The Labute approximate surface area is 150 Å². The lowest BCUT2D eigenvalue weighted by atomic mass is 10.2. The van der Waals surface area contributed by atoms with Gasteiger partial charge in [0.15, 0.2) is 0 Å². The van der Waals surface area contributed by atoms with Crippen LogP contribution in [0.15, 0.2) is 40.8 Å². The van der Waals surface area contributed by atoms with Gasteiger partial charge >= 0.3 is 0 Å². The molecule has 132 valence electrons. The summed E-state index contributed by atoms with van der Waals surface area (Å²) in [4.78, 5) is 23.1. The molecule has 0 spiro atoms. The summed E-state index contributed by atoms with van der Waals surface area (Å²) in [6, 6.07) is 11.4. The summed E-state index contributed by atoms with van der Waals surface area (Å²) >= 11 is 0. The Hall–Kier alpha value is -3.22. The molecule has 0 N–H and O–H groups in total. The topological polar surface area (TPSA) is 76.5 Å². The van der Waals surface area contributed by atoms with Gasteiger partial charge in [0.2, 0.25) is 5.82 Å². The molecular formula is C19H19N5O2. The number of rotatable bonds is 3. The minimum absolute atomic E-state index is 0.122. The van der Waals surface area contributed by atoms with E-state index in [-0.39, 0.29) is 17.8 Å². The van der Waals surface area contributed by atoms with Gasteiger partial charge in [-0.2, -0.15) is 4.98 Å². The molecule has 1 atom stereocenters. The van der Waals surface area contributed by atoms with Gasteiger partial charge in [-0.1, -0.05) is 18.2 Å². The van der Waals surface area contributed by atoms with E-state index >= 15 is 0 Å². The van der Waals surface area contributed by atoms with Crippen LogP contribution < -0.4 is 0 Å². The van der Waals surface area contributed by atoms with Crippen molar-refractivity contribution in [2.45, 2.75) is 26.8 Å². The van der Waals surface area contributed by atoms with Crippen LogP contribution >= 0.6 is 0 Å². The van der Waals surface area contributed by atoms with Gasteiger partial charge in [-0.3, -0.25) is 4.79 Å². The Bertz CT molecular complexity index is 1090. The number of carbonyl (C=O) groups excluding carboxylic acids is 1. The van der Waals surface area contributed by atoms with E-state index in [0.717, 1.165) is 28.1 Å². The molecule has 0 aliphatic carbocycles. The fraction of sp³-hybridized carbons (Fsp3) is 0.263. The highest BCUT2D eigenvalue weighted by Crippen LogP contribution is 2.27. The summed E-state index contributed by atoms with van der Waals surface area (Å²) in [5.74, 6) is 0.990. The average molecular weight is 349 g/mol.